The lowest BCUT2D eigenvalue weighted by Gasteiger charge is -2.31. The maximum Gasteiger partial charge on any atom is 0.225 e. The number of rotatable bonds is 3. The van der Waals surface area contributed by atoms with Crippen molar-refractivity contribution in [2.75, 3.05) is 25.0 Å². The van der Waals surface area contributed by atoms with E-state index in [1.807, 2.05) is 6.07 Å². The molecule has 18 heavy (non-hydrogen) atoms. The molecule has 3 N–H and O–H groups in total. The van der Waals surface area contributed by atoms with Crippen LogP contribution in [0.3, 0.4) is 0 Å². The Hall–Kier alpha value is -1.69. The van der Waals surface area contributed by atoms with Gasteiger partial charge in [-0.3, -0.25) is 4.79 Å². The third-order valence-corrected chi connectivity index (χ3v) is 3.23. The minimum atomic E-state index is 0.0221. The van der Waals surface area contributed by atoms with Gasteiger partial charge in [-0.2, -0.15) is 0 Å². The van der Waals surface area contributed by atoms with Crippen LogP contribution in [-0.2, 0) is 11.3 Å². The molecular formula is C12H19N5O. The van der Waals surface area contributed by atoms with E-state index in [1.54, 1.807) is 13.2 Å². The minimum absolute atomic E-state index is 0.0221. The topological polar surface area (TPSA) is 84.1 Å². The molecule has 2 rings (SSSR count). The molecular weight excluding hydrogens is 230 g/mol. The highest BCUT2D eigenvalue weighted by atomic mass is 16.1. The molecule has 0 radical (unpaired) electrons. The Labute approximate surface area is 107 Å². The number of anilines is 1. The van der Waals surface area contributed by atoms with Crippen molar-refractivity contribution in [3.05, 3.63) is 18.0 Å². The molecule has 0 bridgehead atoms. The highest BCUT2D eigenvalue weighted by Crippen LogP contribution is 2.20. The van der Waals surface area contributed by atoms with E-state index in [0.717, 1.165) is 25.1 Å². The molecule has 1 aromatic rings. The van der Waals surface area contributed by atoms with Crippen molar-refractivity contribution >= 4 is 11.9 Å². The van der Waals surface area contributed by atoms with Gasteiger partial charge in [-0.1, -0.05) is 0 Å². The Morgan fingerprint density at radius 3 is 3.22 bits per heavy atom. The van der Waals surface area contributed by atoms with Gasteiger partial charge in [0.25, 0.3) is 0 Å². The Kier molecular flexibility index (Phi) is 4.09. The third kappa shape index (κ3) is 2.76. The molecule has 6 heteroatoms. The Balaban J connectivity index is 2.10. The molecule has 1 aliphatic rings. The van der Waals surface area contributed by atoms with Gasteiger partial charge in [0.05, 0.1) is 11.6 Å². The number of hydrogen-bond acceptors (Lipinski definition) is 5. The first kappa shape index (κ1) is 12.8. The second kappa shape index (κ2) is 5.77. The van der Waals surface area contributed by atoms with Gasteiger partial charge in [-0.25, -0.2) is 9.97 Å². The van der Waals surface area contributed by atoms with Crippen LogP contribution in [0.1, 0.15) is 18.5 Å². The summed E-state index contributed by atoms with van der Waals surface area (Å²) >= 11 is 0. The van der Waals surface area contributed by atoms with Crippen LogP contribution in [0.5, 0.6) is 0 Å². The highest BCUT2D eigenvalue weighted by Gasteiger charge is 2.26. The van der Waals surface area contributed by atoms with Gasteiger partial charge in [-0.15, -0.1) is 0 Å². The van der Waals surface area contributed by atoms with Gasteiger partial charge in [0.1, 0.15) is 0 Å². The second-order valence-corrected chi connectivity index (χ2v) is 4.45. The first-order valence-electron chi connectivity index (χ1n) is 6.23. The molecule has 1 fully saturated rings. The first-order chi connectivity index (χ1) is 8.74. The van der Waals surface area contributed by atoms with Crippen molar-refractivity contribution < 1.29 is 4.79 Å². The molecule has 0 saturated carbocycles. The molecule has 6 nitrogen and oxygen atoms in total. The maximum absolute atomic E-state index is 11.7. The molecule has 1 atom stereocenters. The van der Waals surface area contributed by atoms with E-state index >= 15 is 0 Å². The highest BCUT2D eigenvalue weighted by molar-refractivity contribution is 5.79. The number of hydrogen-bond donors (Lipinski definition) is 2. The molecule has 2 heterocycles. The zero-order valence-corrected chi connectivity index (χ0v) is 10.6. The van der Waals surface area contributed by atoms with E-state index in [1.165, 1.54) is 0 Å². The monoisotopic (exact) mass is 249 g/mol. The molecule has 1 amide bonds. The summed E-state index contributed by atoms with van der Waals surface area (Å²) in [6.07, 6.45) is 3.62. The predicted octanol–water partition coefficient (Wildman–Crippen LogP) is -0.102. The van der Waals surface area contributed by atoms with Crippen LogP contribution < -0.4 is 16.0 Å². The summed E-state index contributed by atoms with van der Waals surface area (Å²) in [7, 11) is 1.67. The molecule has 1 aromatic heterocycles. The lowest BCUT2D eigenvalue weighted by molar-refractivity contribution is -0.124. The van der Waals surface area contributed by atoms with Crippen molar-refractivity contribution in [3.63, 3.8) is 0 Å². The fourth-order valence-corrected chi connectivity index (χ4v) is 2.23. The van der Waals surface area contributed by atoms with Crippen molar-refractivity contribution in [2.24, 2.45) is 11.7 Å². The van der Waals surface area contributed by atoms with E-state index < -0.39 is 0 Å². The molecule has 98 valence electrons. The van der Waals surface area contributed by atoms with Gasteiger partial charge in [0, 0.05) is 32.9 Å². The normalized spacial score (nSPS) is 19.7. The van der Waals surface area contributed by atoms with Gasteiger partial charge in [-0.05, 0) is 18.9 Å². The number of amides is 1. The molecule has 0 spiro atoms. The lowest BCUT2D eigenvalue weighted by atomic mass is 9.97. The summed E-state index contributed by atoms with van der Waals surface area (Å²) in [6.45, 7) is 1.97. The Bertz CT molecular complexity index is 423. The van der Waals surface area contributed by atoms with Gasteiger partial charge >= 0.3 is 0 Å². The molecule has 1 saturated heterocycles. The quantitative estimate of drug-likeness (QED) is 0.781. The number of nitrogens with zero attached hydrogens (tertiary/aromatic N) is 3. The number of nitrogens with one attached hydrogen (secondary N) is 1. The summed E-state index contributed by atoms with van der Waals surface area (Å²) in [6, 6.07) is 1.81. The minimum Gasteiger partial charge on any atom is -0.359 e. The standard InChI is InChI=1S/C12H19N5O/c1-14-11(18)9-3-2-6-17(8-9)12-15-5-4-10(7-13)16-12/h4-5,9H,2-3,6-8,13H2,1H3,(H,14,18). The van der Waals surface area contributed by atoms with Crippen LogP contribution in [0.25, 0.3) is 0 Å². The number of aromatic nitrogens is 2. The number of carbonyl (C=O) groups excluding carboxylic acids is 1. The third-order valence-electron chi connectivity index (χ3n) is 3.23. The van der Waals surface area contributed by atoms with E-state index in [0.29, 0.717) is 19.0 Å². The van der Waals surface area contributed by atoms with Crippen LogP contribution in [0.2, 0.25) is 0 Å². The van der Waals surface area contributed by atoms with E-state index in [9.17, 15) is 4.79 Å². The summed E-state index contributed by atoms with van der Waals surface area (Å²) in [5, 5.41) is 2.70. The van der Waals surface area contributed by atoms with Gasteiger partial charge in [0.2, 0.25) is 11.9 Å². The van der Waals surface area contributed by atoms with E-state index in [2.05, 4.69) is 20.2 Å². The van der Waals surface area contributed by atoms with Crippen LogP contribution >= 0.6 is 0 Å². The van der Waals surface area contributed by atoms with Crippen molar-refractivity contribution in [1.82, 2.24) is 15.3 Å². The summed E-state index contributed by atoms with van der Waals surface area (Å²) in [5.41, 5.74) is 6.39. The zero-order chi connectivity index (χ0) is 13.0. The van der Waals surface area contributed by atoms with Crippen LogP contribution in [0, 0.1) is 5.92 Å². The fraction of sp³-hybridized carbons (Fsp3) is 0.583. The molecule has 1 unspecified atom stereocenters. The van der Waals surface area contributed by atoms with E-state index in [4.69, 9.17) is 5.73 Å². The average molecular weight is 249 g/mol. The molecule has 0 aliphatic carbocycles. The van der Waals surface area contributed by atoms with Crippen molar-refractivity contribution in [3.8, 4) is 0 Å². The number of carbonyl (C=O) groups is 1. The fourth-order valence-electron chi connectivity index (χ4n) is 2.23. The molecule has 0 aromatic carbocycles. The average Bonchev–Trinajstić information content (AvgIpc) is 2.46. The molecule has 1 aliphatic heterocycles. The van der Waals surface area contributed by atoms with Crippen molar-refractivity contribution in [1.29, 1.82) is 0 Å². The van der Waals surface area contributed by atoms with Crippen LogP contribution in [0.4, 0.5) is 5.95 Å². The number of piperidine rings is 1. The SMILES string of the molecule is CNC(=O)C1CCCN(c2nccc(CN)n2)C1. The second-order valence-electron chi connectivity index (χ2n) is 4.45. The number of nitrogens with two attached hydrogens (primary N) is 1. The van der Waals surface area contributed by atoms with Gasteiger partial charge in [0.15, 0.2) is 0 Å². The Morgan fingerprint density at radius 2 is 2.50 bits per heavy atom. The van der Waals surface area contributed by atoms with Crippen LogP contribution in [0.15, 0.2) is 12.3 Å². The van der Waals surface area contributed by atoms with E-state index in [-0.39, 0.29) is 11.8 Å². The lowest BCUT2D eigenvalue weighted by Crippen LogP contribution is -2.42. The summed E-state index contributed by atoms with van der Waals surface area (Å²) < 4.78 is 0. The maximum atomic E-state index is 11.7. The Morgan fingerprint density at radius 1 is 1.67 bits per heavy atom. The first-order valence-corrected chi connectivity index (χ1v) is 6.23. The van der Waals surface area contributed by atoms with Crippen molar-refractivity contribution in [2.45, 2.75) is 19.4 Å². The summed E-state index contributed by atoms with van der Waals surface area (Å²) in [5.74, 6) is 0.787. The zero-order valence-electron chi connectivity index (χ0n) is 10.6. The summed E-state index contributed by atoms with van der Waals surface area (Å²) in [4.78, 5) is 22.4. The smallest absolute Gasteiger partial charge is 0.225 e. The largest absolute Gasteiger partial charge is 0.359 e. The van der Waals surface area contributed by atoms with Crippen LogP contribution in [-0.4, -0.2) is 36.0 Å². The predicted molar refractivity (Wildman–Crippen MR) is 68.9 cm³/mol. The van der Waals surface area contributed by atoms with Gasteiger partial charge < -0.3 is 16.0 Å².